The quantitative estimate of drug-likeness (QED) is 0.165. The first kappa shape index (κ1) is 33.5. The third-order valence-electron chi connectivity index (χ3n) is 7.68. The number of anilines is 1. The molecule has 4 aromatic rings. The van der Waals surface area contributed by atoms with Crippen LogP contribution in [0.5, 0.6) is 0 Å². The topological polar surface area (TPSA) is 86.8 Å². The van der Waals surface area contributed by atoms with Crippen LogP contribution in [0, 0.1) is 20.8 Å². The van der Waals surface area contributed by atoms with E-state index < -0.39 is 28.5 Å². The summed E-state index contributed by atoms with van der Waals surface area (Å²) in [7, 11) is -4.14. The number of nitrogens with one attached hydrogen (secondary N) is 1. The smallest absolute Gasteiger partial charge is 0.264 e. The molecule has 0 radical (unpaired) electrons. The fourth-order valence-electron chi connectivity index (χ4n) is 5.30. The van der Waals surface area contributed by atoms with E-state index in [4.69, 9.17) is 0 Å². The zero-order valence-corrected chi connectivity index (χ0v) is 27.4. The van der Waals surface area contributed by atoms with Crippen molar-refractivity contribution >= 4 is 27.5 Å². The second-order valence-corrected chi connectivity index (χ2v) is 13.4. The Kier molecular flexibility index (Phi) is 11.5. The average molecular weight is 626 g/mol. The molecule has 1 N–H and O–H groups in total. The van der Waals surface area contributed by atoms with Crippen LogP contribution in [0.3, 0.4) is 0 Å². The molecule has 1 atom stereocenters. The van der Waals surface area contributed by atoms with Crippen molar-refractivity contribution in [2.75, 3.05) is 17.4 Å². The van der Waals surface area contributed by atoms with Crippen LogP contribution in [0.15, 0.2) is 108 Å². The Labute approximate surface area is 268 Å². The largest absolute Gasteiger partial charge is 0.354 e. The van der Waals surface area contributed by atoms with E-state index in [1.54, 1.807) is 36.4 Å². The lowest BCUT2D eigenvalue weighted by molar-refractivity contribution is -0.140. The van der Waals surface area contributed by atoms with Gasteiger partial charge in [-0.25, -0.2) is 8.42 Å². The molecule has 0 bridgehead atoms. The highest BCUT2D eigenvalue weighted by atomic mass is 32.2. The first-order chi connectivity index (χ1) is 21.6. The minimum atomic E-state index is -4.14. The van der Waals surface area contributed by atoms with Crippen molar-refractivity contribution in [3.8, 4) is 0 Å². The Morgan fingerprint density at radius 3 is 1.91 bits per heavy atom. The van der Waals surface area contributed by atoms with Crippen molar-refractivity contribution in [1.82, 2.24) is 10.2 Å². The number of amides is 2. The maximum absolute atomic E-state index is 14.5. The van der Waals surface area contributed by atoms with E-state index in [9.17, 15) is 18.0 Å². The molecule has 7 nitrogen and oxygen atoms in total. The Bertz CT molecular complexity index is 1650. The molecular weight excluding hydrogens is 582 g/mol. The Hall–Kier alpha value is -4.43. The summed E-state index contributed by atoms with van der Waals surface area (Å²) in [6, 6.07) is 30.3. The minimum absolute atomic E-state index is 0.0906. The number of benzene rings is 4. The van der Waals surface area contributed by atoms with Crippen molar-refractivity contribution in [3.63, 3.8) is 0 Å². The molecule has 0 saturated carbocycles. The first-order valence-corrected chi connectivity index (χ1v) is 16.8. The molecule has 1 unspecified atom stereocenters. The average Bonchev–Trinajstić information content (AvgIpc) is 3.02. The zero-order valence-electron chi connectivity index (χ0n) is 26.6. The van der Waals surface area contributed by atoms with E-state index >= 15 is 0 Å². The van der Waals surface area contributed by atoms with Gasteiger partial charge in [0.25, 0.3) is 10.0 Å². The summed E-state index contributed by atoms with van der Waals surface area (Å²) in [4.78, 5) is 30.0. The number of unbranched alkanes of at least 4 members (excludes halogenated alkanes) is 1. The van der Waals surface area contributed by atoms with E-state index in [1.165, 1.54) is 9.21 Å². The summed E-state index contributed by atoms with van der Waals surface area (Å²) < 4.78 is 29.6. The van der Waals surface area contributed by atoms with E-state index in [2.05, 4.69) is 12.2 Å². The van der Waals surface area contributed by atoms with Crippen molar-refractivity contribution < 1.29 is 18.0 Å². The third-order valence-corrected chi connectivity index (χ3v) is 9.47. The molecule has 236 valence electrons. The van der Waals surface area contributed by atoms with Crippen LogP contribution in [-0.2, 0) is 32.6 Å². The van der Waals surface area contributed by atoms with Gasteiger partial charge in [-0.15, -0.1) is 0 Å². The highest BCUT2D eigenvalue weighted by molar-refractivity contribution is 7.92. The molecule has 0 saturated heterocycles. The first-order valence-electron chi connectivity index (χ1n) is 15.4. The molecule has 0 aliphatic carbocycles. The number of hydrogen-bond acceptors (Lipinski definition) is 4. The van der Waals surface area contributed by atoms with E-state index in [0.717, 1.165) is 40.7 Å². The van der Waals surface area contributed by atoms with Crippen LogP contribution in [0.1, 0.15) is 47.6 Å². The van der Waals surface area contributed by atoms with Crippen LogP contribution in [-0.4, -0.2) is 44.3 Å². The van der Waals surface area contributed by atoms with Gasteiger partial charge in [-0.3, -0.25) is 13.9 Å². The molecule has 0 aliphatic rings. The van der Waals surface area contributed by atoms with Gasteiger partial charge >= 0.3 is 0 Å². The summed E-state index contributed by atoms with van der Waals surface area (Å²) in [5.74, 6) is -0.740. The maximum atomic E-state index is 14.5. The second-order valence-electron chi connectivity index (χ2n) is 11.5. The fraction of sp³-hybridized carbons (Fsp3) is 0.297. The van der Waals surface area contributed by atoms with Crippen LogP contribution in [0.2, 0.25) is 0 Å². The number of sulfonamides is 1. The van der Waals surface area contributed by atoms with Crippen molar-refractivity contribution in [2.45, 2.75) is 64.4 Å². The van der Waals surface area contributed by atoms with Gasteiger partial charge < -0.3 is 10.2 Å². The van der Waals surface area contributed by atoms with Gasteiger partial charge in [0.15, 0.2) is 0 Å². The van der Waals surface area contributed by atoms with Crippen LogP contribution < -0.4 is 9.62 Å². The summed E-state index contributed by atoms with van der Waals surface area (Å²) >= 11 is 0. The highest BCUT2D eigenvalue weighted by Crippen LogP contribution is 2.27. The molecule has 45 heavy (non-hydrogen) atoms. The van der Waals surface area contributed by atoms with E-state index in [1.807, 2.05) is 87.5 Å². The molecule has 0 fully saturated rings. The molecule has 2 amide bonds. The minimum Gasteiger partial charge on any atom is -0.354 e. The number of hydrogen-bond donors (Lipinski definition) is 1. The van der Waals surface area contributed by atoms with Crippen molar-refractivity contribution in [3.05, 3.63) is 131 Å². The molecule has 8 heteroatoms. The molecular formula is C37H43N3O4S. The van der Waals surface area contributed by atoms with Gasteiger partial charge in [0.1, 0.15) is 12.6 Å². The predicted octanol–water partition coefficient (Wildman–Crippen LogP) is 6.36. The van der Waals surface area contributed by atoms with E-state index in [0.29, 0.717) is 12.2 Å². The SMILES string of the molecule is CCCCNC(=O)C(Cc1ccccc1)N(Cc1ccccc1)C(=O)CN(c1cc(C)cc(C)c1)S(=O)(=O)c1ccc(C)cc1. The Morgan fingerprint density at radius 2 is 1.33 bits per heavy atom. The molecule has 0 aromatic heterocycles. The summed E-state index contributed by atoms with van der Waals surface area (Å²) in [5.41, 5.74) is 4.81. The Morgan fingerprint density at radius 1 is 0.756 bits per heavy atom. The lowest BCUT2D eigenvalue weighted by Crippen LogP contribution is -2.53. The number of nitrogens with zero attached hydrogens (tertiary/aromatic N) is 2. The normalized spacial score (nSPS) is 11.9. The lowest BCUT2D eigenvalue weighted by Gasteiger charge is -2.34. The van der Waals surface area contributed by atoms with Gasteiger partial charge in [-0.05, 0) is 73.7 Å². The number of aryl methyl sites for hydroxylation is 3. The third kappa shape index (κ3) is 9.05. The fourth-order valence-corrected chi connectivity index (χ4v) is 6.70. The van der Waals surface area contributed by atoms with Crippen LogP contribution in [0.25, 0.3) is 0 Å². The maximum Gasteiger partial charge on any atom is 0.264 e. The monoisotopic (exact) mass is 625 g/mol. The van der Waals surface area contributed by atoms with E-state index in [-0.39, 0.29) is 23.8 Å². The number of carbonyl (C=O) groups is 2. The molecule has 4 rings (SSSR count). The van der Waals surface area contributed by atoms with Gasteiger partial charge in [0, 0.05) is 19.5 Å². The molecule has 0 heterocycles. The predicted molar refractivity (Wildman–Crippen MR) is 180 cm³/mol. The number of rotatable bonds is 14. The van der Waals surface area contributed by atoms with Gasteiger partial charge in [0.05, 0.1) is 10.6 Å². The standard InChI is InChI=1S/C37H43N3O4S/c1-5-6-21-38-37(42)35(25-31-13-9-7-10-14-31)39(26-32-15-11-8-12-16-32)36(41)27-40(33-23-29(3)22-30(4)24-33)45(43,44)34-19-17-28(2)18-20-34/h7-20,22-24,35H,5-6,21,25-27H2,1-4H3,(H,38,42). The molecule has 4 aromatic carbocycles. The summed E-state index contributed by atoms with van der Waals surface area (Å²) in [5, 5.41) is 3.02. The van der Waals surface area contributed by atoms with Crippen molar-refractivity contribution in [1.29, 1.82) is 0 Å². The zero-order chi connectivity index (χ0) is 32.4. The highest BCUT2D eigenvalue weighted by Gasteiger charge is 2.34. The second kappa shape index (κ2) is 15.5. The van der Waals surface area contributed by atoms with Gasteiger partial charge in [-0.1, -0.05) is 97.8 Å². The van der Waals surface area contributed by atoms with Crippen LogP contribution >= 0.6 is 0 Å². The lowest BCUT2D eigenvalue weighted by atomic mass is 10.0. The van der Waals surface area contributed by atoms with Crippen molar-refractivity contribution in [2.24, 2.45) is 0 Å². The van der Waals surface area contributed by atoms with Gasteiger partial charge in [0.2, 0.25) is 11.8 Å². The number of carbonyl (C=O) groups excluding carboxylic acids is 2. The summed E-state index contributed by atoms with van der Waals surface area (Å²) in [6.45, 7) is 7.89. The molecule has 0 aliphatic heterocycles. The van der Waals surface area contributed by atoms with Gasteiger partial charge in [-0.2, -0.15) is 0 Å². The summed E-state index contributed by atoms with van der Waals surface area (Å²) in [6.07, 6.45) is 2.01. The Balaban J connectivity index is 1.80. The van der Waals surface area contributed by atoms with Crippen LogP contribution in [0.4, 0.5) is 5.69 Å². The molecule has 0 spiro atoms.